The van der Waals surface area contributed by atoms with E-state index in [-0.39, 0.29) is 5.91 Å². The van der Waals surface area contributed by atoms with Gasteiger partial charge in [0.05, 0.1) is 13.2 Å². The van der Waals surface area contributed by atoms with Crippen LogP contribution in [0.25, 0.3) is 17.2 Å². The van der Waals surface area contributed by atoms with Crippen LogP contribution in [0.3, 0.4) is 0 Å². The quantitative estimate of drug-likeness (QED) is 0.706. The van der Waals surface area contributed by atoms with Gasteiger partial charge in [0.25, 0.3) is 0 Å². The molecule has 0 aliphatic carbocycles. The highest BCUT2D eigenvalue weighted by Gasteiger charge is 2.10. The highest BCUT2D eigenvalue weighted by atomic mass is 16.5. The summed E-state index contributed by atoms with van der Waals surface area (Å²) in [4.78, 5) is 18.6. The van der Waals surface area contributed by atoms with Gasteiger partial charge in [0.1, 0.15) is 5.52 Å². The molecular formula is C21H21N3O3. The number of ether oxygens (including phenoxy) is 1. The zero-order valence-corrected chi connectivity index (χ0v) is 14.9. The van der Waals surface area contributed by atoms with Crippen molar-refractivity contribution in [2.45, 2.75) is 6.54 Å². The molecule has 1 saturated heterocycles. The van der Waals surface area contributed by atoms with Crippen molar-refractivity contribution in [2.75, 3.05) is 31.2 Å². The summed E-state index contributed by atoms with van der Waals surface area (Å²) < 4.78 is 10.9. The number of hydrogen-bond acceptors (Lipinski definition) is 5. The third-order valence-corrected chi connectivity index (χ3v) is 4.47. The average Bonchev–Trinajstić information content (AvgIpc) is 3.15. The van der Waals surface area contributed by atoms with E-state index in [1.54, 1.807) is 6.08 Å². The number of anilines is 1. The predicted molar refractivity (Wildman–Crippen MR) is 104 cm³/mol. The number of carbonyl (C=O) groups is 1. The fourth-order valence-electron chi connectivity index (χ4n) is 3.00. The smallest absolute Gasteiger partial charge is 0.244 e. The number of morpholine rings is 1. The first-order valence-corrected chi connectivity index (χ1v) is 9.01. The number of nitrogens with zero attached hydrogens (tertiary/aromatic N) is 2. The van der Waals surface area contributed by atoms with Crippen molar-refractivity contribution < 1.29 is 13.9 Å². The molecule has 6 heteroatoms. The summed E-state index contributed by atoms with van der Waals surface area (Å²) >= 11 is 0. The summed E-state index contributed by atoms with van der Waals surface area (Å²) in [7, 11) is 0. The SMILES string of the molecule is O=C(/C=C\c1nc2ccccc2o1)NCc1ccc(N2CCOCC2)cc1. The molecule has 27 heavy (non-hydrogen) atoms. The molecule has 0 atom stereocenters. The van der Waals surface area contributed by atoms with Crippen LogP contribution in [0, 0.1) is 0 Å². The molecule has 0 spiro atoms. The van der Waals surface area contributed by atoms with Crippen LogP contribution in [-0.4, -0.2) is 37.2 Å². The number of aromatic nitrogens is 1. The lowest BCUT2D eigenvalue weighted by Gasteiger charge is -2.28. The molecule has 2 heterocycles. The molecule has 1 amide bonds. The van der Waals surface area contributed by atoms with Crippen LogP contribution in [0.15, 0.2) is 59.0 Å². The zero-order valence-electron chi connectivity index (χ0n) is 14.9. The number of fused-ring (bicyclic) bond motifs is 1. The maximum atomic E-state index is 12.0. The van der Waals surface area contributed by atoms with Gasteiger partial charge in [-0.1, -0.05) is 24.3 Å². The van der Waals surface area contributed by atoms with Crippen molar-refractivity contribution in [1.29, 1.82) is 0 Å². The summed E-state index contributed by atoms with van der Waals surface area (Å²) in [6.45, 7) is 3.84. The third-order valence-electron chi connectivity index (χ3n) is 4.47. The maximum absolute atomic E-state index is 12.0. The van der Waals surface area contributed by atoms with Gasteiger partial charge in [-0.25, -0.2) is 4.98 Å². The lowest BCUT2D eigenvalue weighted by atomic mass is 10.2. The van der Waals surface area contributed by atoms with Gasteiger partial charge in [0.15, 0.2) is 5.58 Å². The van der Waals surface area contributed by atoms with Crippen LogP contribution in [-0.2, 0) is 16.1 Å². The number of nitrogens with one attached hydrogen (secondary N) is 1. The van der Waals surface area contributed by atoms with Crippen molar-refractivity contribution in [3.05, 3.63) is 66.1 Å². The average molecular weight is 363 g/mol. The second-order valence-electron chi connectivity index (χ2n) is 6.34. The van der Waals surface area contributed by atoms with Crippen LogP contribution in [0.2, 0.25) is 0 Å². The molecule has 1 aliphatic rings. The fraction of sp³-hybridized carbons (Fsp3) is 0.238. The molecule has 0 radical (unpaired) electrons. The van der Waals surface area contributed by atoms with E-state index in [1.165, 1.54) is 11.8 Å². The van der Waals surface area contributed by atoms with Crippen LogP contribution >= 0.6 is 0 Å². The van der Waals surface area contributed by atoms with E-state index in [0.717, 1.165) is 37.4 Å². The Morgan fingerprint density at radius 1 is 1.11 bits per heavy atom. The van der Waals surface area contributed by atoms with Crippen molar-refractivity contribution in [1.82, 2.24) is 10.3 Å². The van der Waals surface area contributed by atoms with Crippen LogP contribution in [0.5, 0.6) is 0 Å². The van der Waals surface area contributed by atoms with Crippen LogP contribution in [0.4, 0.5) is 5.69 Å². The number of carbonyl (C=O) groups excluding carboxylic acids is 1. The fourth-order valence-corrected chi connectivity index (χ4v) is 3.00. The molecule has 138 valence electrons. The summed E-state index contributed by atoms with van der Waals surface area (Å²) in [6.07, 6.45) is 3.02. The van der Waals surface area contributed by atoms with Gasteiger partial charge in [-0.05, 0) is 29.8 Å². The van der Waals surface area contributed by atoms with Gasteiger partial charge in [-0.2, -0.15) is 0 Å². The molecule has 3 aromatic rings. The minimum Gasteiger partial charge on any atom is -0.437 e. The standard InChI is InChI=1S/C21H21N3O3/c25-20(9-10-21-23-18-3-1-2-4-19(18)27-21)22-15-16-5-7-17(8-6-16)24-11-13-26-14-12-24/h1-10H,11-15H2,(H,22,25)/b10-9-. The predicted octanol–water partition coefficient (Wildman–Crippen LogP) is 2.99. The first kappa shape index (κ1) is 17.3. The molecule has 0 saturated carbocycles. The highest BCUT2D eigenvalue weighted by Crippen LogP contribution is 2.17. The van der Waals surface area contributed by atoms with Crippen molar-refractivity contribution >= 4 is 28.8 Å². The van der Waals surface area contributed by atoms with E-state index < -0.39 is 0 Å². The van der Waals surface area contributed by atoms with Gasteiger partial charge >= 0.3 is 0 Å². The molecule has 0 unspecified atom stereocenters. The van der Waals surface area contributed by atoms with E-state index in [4.69, 9.17) is 9.15 Å². The van der Waals surface area contributed by atoms with Crippen molar-refractivity contribution in [3.8, 4) is 0 Å². The van der Waals surface area contributed by atoms with E-state index >= 15 is 0 Å². The van der Waals surface area contributed by atoms with Gasteiger partial charge < -0.3 is 19.4 Å². The van der Waals surface area contributed by atoms with Crippen molar-refractivity contribution in [2.24, 2.45) is 0 Å². The van der Waals surface area contributed by atoms with E-state index in [2.05, 4.69) is 27.3 Å². The Hall–Kier alpha value is -3.12. The Labute approximate surface area is 157 Å². The van der Waals surface area contributed by atoms with E-state index in [0.29, 0.717) is 18.0 Å². The molecule has 4 rings (SSSR count). The van der Waals surface area contributed by atoms with Crippen LogP contribution < -0.4 is 10.2 Å². The minimum atomic E-state index is -0.186. The lowest BCUT2D eigenvalue weighted by Crippen LogP contribution is -2.36. The molecular weight excluding hydrogens is 342 g/mol. The maximum Gasteiger partial charge on any atom is 0.244 e. The van der Waals surface area contributed by atoms with Gasteiger partial charge in [-0.3, -0.25) is 4.79 Å². The van der Waals surface area contributed by atoms with Crippen molar-refractivity contribution in [3.63, 3.8) is 0 Å². The largest absolute Gasteiger partial charge is 0.437 e. The molecule has 1 N–H and O–H groups in total. The summed E-state index contributed by atoms with van der Waals surface area (Å²) in [5.41, 5.74) is 3.72. The Balaban J connectivity index is 1.30. The topological polar surface area (TPSA) is 67.6 Å². The van der Waals surface area contributed by atoms with E-state index in [9.17, 15) is 4.79 Å². The Morgan fingerprint density at radius 3 is 2.67 bits per heavy atom. The Morgan fingerprint density at radius 2 is 1.89 bits per heavy atom. The number of benzene rings is 2. The van der Waals surface area contributed by atoms with Gasteiger partial charge in [0, 0.05) is 37.5 Å². The van der Waals surface area contributed by atoms with Crippen LogP contribution in [0.1, 0.15) is 11.5 Å². The second kappa shape index (κ2) is 8.05. The first-order valence-electron chi connectivity index (χ1n) is 9.01. The summed E-state index contributed by atoms with van der Waals surface area (Å²) in [5.74, 6) is 0.232. The van der Waals surface area contributed by atoms with Gasteiger partial charge in [0.2, 0.25) is 11.8 Å². The third kappa shape index (κ3) is 4.35. The molecule has 0 bridgehead atoms. The highest BCUT2D eigenvalue weighted by molar-refractivity contribution is 5.91. The summed E-state index contributed by atoms with van der Waals surface area (Å²) in [5, 5.41) is 2.87. The number of para-hydroxylation sites is 2. The lowest BCUT2D eigenvalue weighted by molar-refractivity contribution is -0.116. The number of amides is 1. The molecule has 1 aliphatic heterocycles. The Kier molecular flexibility index (Phi) is 5.16. The zero-order chi connectivity index (χ0) is 18.5. The molecule has 1 aromatic heterocycles. The summed E-state index contributed by atoms with van der Waals surface area (Å²) in [6, 6.07) is 15.7. The molecule has 1 fully saturated rings. The Bertz CT molecular complexity index is 908. The molecule has 6 nitrogen and oxygen atoms in total. The monoisotopic (exact) mass is 363 g/mol. The first-order chi connectivity index (χ1) is 13.3. The number of rotatable bonds is 5. The second-order valence-corrected chi connectivity index (χ2v) is 6.34. The van der Waals surface area contributed by atoms with E-state index in [1.807, 2.05) is 36.4 Å². The molecule has 2 aromatic carbocycles. The normalized spacial score (nSPS) is 14.7. The minimum absolute atomic E-state index is 0.186. The van der Waals surface area contributed by atoms with Gasteiger partial charge in [-0.15, -0.1) is 0 Å². The number of oxazole rings is 1. The number of hydrogen-bond donors (Lipinski definition) is 1.